The van der Waals surface area contributed by atoms with E-state index in [0.717, 1.165) is 54.7 Å². The van der Waals surface area contributed by atoms with Crippen molar-refractivity contribution in [2.75, 3.05) is 18.9 Å². The van der Waals surface area contributed by atoms with Gasteiger partial charge in [0, 0.05) is 41.8 Å². The van der Waals surface area contributed by atoms with Gasteiger partial charge in [-0.3, -0.25) is 9.89 Å². The zero-order valence-corrected chi connectivity index (χ0v) is 14.2. The van der Waals surface area contributed by atoms with Gasteiger partial charge in [-0.05, 0) is 42.5 Å². The average Bonchev–Trinajstić information content (AvgIpc) is 3.22. The number of carbonyl (C=O) groups is 1. The smallest absolute Gasteiger partial charge is 0.276 e. The number of likely N-dealkylation sites (N-methyl/N-ethyl adjacent to an activating group) is 1. The van der Waals surface area contributed by atoms with Gasteiger partial charge in [0.05, 0.1) is 0 Å². The van der Waals surface area contributed by atoms with Crippen molar-refractivity contribution in [2.24, 2.45) is 0 Å². The monoisotopic (exact) mass is 332 g/mol. The number of fused-ring (bicyclic) bond motifs is 1. The number of aromatic nitrogens is 2. The van der Waals surface area contributed by atoms with E-state index in [4.69, 9.17) is 0 Å². The number of aryl methyl sites for hydroxylation is 2. The van der Waals surface area contributed by atoms with Crippen LogP contribution in [0.3, 0.4) is 0 Å². The standard InChI is InChI=1S/C20H20N4O/c1-24-10-9-17-15(11-24)19(23-22-17)20(25)21-16-8-7-13-6-5-12-3-2-4-14(16)18(12)13/h2-4,7-8H,5-6,9-11H2,1H3,(H,21,25)(H,22,23). The molecule has 1 aliphatic heterocycles. The molecule has 1 aromatic heterocycles. The van der Waals surface area contributed by atoms with Crippen LogP contribution in [0, 0.1) is 0 Å². The summed E-state index contributed by atoms with van der Waals surface area (Å²) in [5.41, 5.74) is 6.25. The van der Waals surface area contributed by atoms with E-state index >= 15 is 0 Å². The van der Waals surface area contributed by atoms with Gasteiger partial charge < -0.3 is 10.2 Å². The number of nitrogens with zero attached hydrogens (tertiary/aromatic N) is 2. The molecular formula is C20H20N4O. The maximum absolute atomic E-state index is 12.9. The van der Waals surface area contributed by atoms with Gasteiger partial charge in [-0.15, -0.1) is 0 Å². The number of aromatic amines is 1. The number of rotatable bonds is 2. The summed E-state index contributed by atoms with van der Waals surface area (Å²) in [6.07, 6.45) is 3.08. The van der Waals surface area contributed by atoms with Crippen molar-refractivity contribution in [3.63, 3.8) is 0 Å². The molecule has 0 saturated carbocycles. The second-order valence-corrected chi connectivity index (χ2v) is 7.08. The molecule has 0 fully saturated rings. The van der Waals surface area contributed by atoms with E-state index in [9.17, 15) is 4.79 Å². The molecule has 0 spiro atoms. The Bertz CT molecular complexity index is 994. The number of hydrogen-bond acceptors (Lipinski definition) is 3. The summed E-state index contributed by atoms with van der Waals surface area (Å²) in [6, 6.07) is 10.5. The minimum absolute atomic E-state index is 0.133. The highest BCUT2D eigenvalue weighted by molar-refractivity contribution is 6.10. The highest BCUT2D eigenvalue weighted by Gasteiger charge is 2.24. The predicted molar refractivity (Wildman–Crippen MR) is 97.9 cm³/mol. The average molecular weight is 332 g/mol. The Balaban J connectivity index is 1.52. The molecule has 2 N–H and O–H groups in total. The third-order valence-corrected chi connectivity index (χ3v) is 5.46. The van der Waals surface area contributed by atoms with E-state index in [2.05, 4.69) is 51.7 Å². The van der Waals surface area contributed by atoms with E-state index in [-0.39, 0.29) is 5.91 Å². The van der Waals surface area contributed by atoms with Crippen molar-refractivity contribution in [3.8, 4) is 0 Å². The topological polar surface area (TPSA) is 61.0 Å². The fourth-order valence-electron chi connectivity index (χ4n) is 4.16. The SMILES string of the molecule is CN1CCc2[nH]nc(C(=O)Nc3ccc4c5c(cccc35)CC4)c2C1. The molecule has 0 atom stereocenters. The number of anilines is 1. The van der Waals surface area contributed by atoms with Crippen LogP contribution in [0.2, 0.25) is 0 Å². The Kier molecular flexibility index (Phi) is 3.18. The number of amides is 1. The van der Waals surface area contributed by atoms with Crippen LogP contribution in [0.5, 0.6) is 0 Å². The summed E-state index contributed by atoms with van der Waals surface area (Å²) >= 11 is 0. The Labute approximate surface area is 146 Å². The third kappa shape index (κ3) is 2.27. The second kappa shape index (κ2) is 5.43. The summed E-state index contributed by atoms with van der Waals surface area (Å²) in [6.45, 7) is 1.75. The summed E-state index contributed by atoms with van der Waals surface area (Å²) in [4.78, 5) is 15.1. The Morgan fingerprint density at radius 1 is 1.16 bits per heavy atom. The van der Waals surface area contributed by atoms with Crippen molar-refractivity contribution in [1.82, 2.24) is 15.1 Å². The van der Waals surface area contributed by atoms with Crippen molar-refractivity contribution < 1.29 is 4.79 Å². The van der Waals surface area contributed by atoms with Crippen molar-refractivity contribution in [2.45, 2.75) is 25.8 Å². The minimum atomic E-state index is -0.133. The van der Waals surface area contributed by atoms with Crippen LogP contribution in [0.15, 0.2) is 30.3 Å². The third-order valence-electron chi connectivity index (χ3n) is 5.46. The molecule has 0 unspecified atom stereocenters. The predicted octanol–water partition coefficient (Wildman–Crippen LogP) is 2.90. The maximum Gasteiger partial charge on any atom is 0.276 e. The number of carbonyl (C=O) groups excluding carboxylic acids is 1. The Morgan fingerprint density at radius 2 is 2.00 bits per heavy atom. The molecule has 0 radical (unpaired) electrons. The van der Waals surface area contributed by atoms with Gasteiger partial charge in [0.2, 0.25) is 0 Å². The van der Waals surface area contributed by atoms with E-state index in [1.807, 2.05) is 6.07 Å². The van der Waals surface area contributed by atoms with Gasteiger partial charge in [-0.25, -0.2) is 0 Å². The molecule has 3 aromatic rings. The number of nitrogens with one attached hydrogen (secondary N) is 2. The van der Waals surface area contributed by atoms with Crippen LogP contribution in [0.25, 0.3) is 10.8 Å². The van der Waals surface area contributed by atoms with E-state index in [1.165, 1.54) is 16.5 Å². The summed E-state index contributed by atoms with van der Waals surface area (Å²) in [5, 5.41) is 12.9. The summed E-state index contributed by atoms with van der Waals surface area (Å²) in [5.74, 6) is -0.133. The van der Waals surface area contributed by atoms with Crippen LogP contribution in [0.4, 0.5) is 5.69 Å². The van der Waals surface area contributed by atoms with Crippen LogP contribution < -0.4 is 5.32 Å². The first-order chi connectivity index (χ1) is 12.2. The van der Waals surface area contributed by atoms with Crippen LogP contribution in [-0.2, 0) is 25.8 Å². The molecule has 1 amide bonds. The van der Waals surface area contributed by atoms with Gasteiger partial charge in [0.15, 0.2) is 5.69 Å². The fraction of sp³-hybridized carbons (Fsp3) is 0.300. The largest absolute Gasteiger partial charge is 0.320 e. The second-order valence-electron chi connectivity index (χ2n) is 7.08. The van der Waals surface area contributed by atoms with Crippen molar-refractivity contribution in [3.05, 3.63) is 58.4 Å². The lowest BCUT2D eigenvalue weighted by Crippen LogP contribution is -2.27. The van der Waals surface area contributed by atoms with E-state index < -0.39 is 0 Å². The van der Waals surface area contributed by atoms with Gasteiger partial charge >= 0.3 is 0 Å². The van der Waals surface area contributed by atoms with Crippen LogP contribution >= 0.6 is 0 Å². The van der Waals surface area contributed by atoms with Gasteiger partial charge in [-0.1, -0.05) is 24.3 Å². The lowest BCUT2D eigenvalue weighted by molar-refractivity contribution is 0.102. The minimum Gasteiger partial charge on any atom is -0.320 e. The number of benzene rings is 2. The molecule has 5 nitrogen and oxygen atoms in total. The molecule has 25 heavy (non-hydrogen) atoms. The number of hydrogen-bond donors (Lipinski definition) is 2. The van der Waals surface area contributed by atoms with Crippen molar-refractivity contribution >= 4 is 22.4 Å². The van der Waals surface area contributed by atoms with E-state index in [0.29, 0.717) is 5.69 Å². The molecule has 5 heteroatoms. The summed E-state index contributed by atoms with van der Waals surface area (Å²) in [7, 11) is 2.07. The quantitative estimate of drug-likeness (QED) is 0.758. The first-order valence-corrected chi connectivity index (χ1v) is 8.80. The fourth-order valence-corrected chi connectivity index (χ4v) is 4.16. The van der Waals surface area contributed by atoms with Crippen LogP contribution in [0.1, 0.15) is 32.9 Å². The van der Waals surface area contributed by atoms with Gasteiger partial charge in [-0.2, -0.15) is 5.10 Å². The highest BCUT2D eigenvalue weighted by Crippen LogP contribution is 2.35. The first-order valence-electron chi connectivity index (χ1n) is 8.80. The van der Waals surface area contributed by atoms with E-state index in [1.54, 1.807) is 0 Å². The Morgan fingerprint density at radius 3 is 2.88 bits per heavy atom. The Hall–Kier alpha value is -2.66. The lowest BCUT2D eigenvalue weighted by atomic mass is 10.0. The zero-order valence-electron chi connectivity index (χ0n) is 14.2. The van der Waals surface area contributed by atoms with Gasteiger partial charge in [0.1, 0.15) is 0 Å². The van der Waals surface area contributed by atoms with Crippen LogP contribution in [-0.4, -0.2) is 34.6 Å². The molecule has 1 aliphatic carbocycles. The molecular weight excluding hydrogens is 312 g/mol. The normalized spacial score (nSPS) is 16.2. The molecule has 0 saturated heterocycles. The van der Waals surface area contributed by atoms with Gasteiger partial charge in [0.25, 0.3) is 5.91 Å². The molecule has 5 rings (SSSR count). The lowest BCUT2D eigenvalue weighted by Gasteiger charge is -2.22. The number of H-pyrrole nitrogens is 1. The molecule has 2 aromatic carbocycles. The molecule has 0 bridgehead atoms. The first kappa shape index (κ1) is 14.7. The highest BCUT2D eigenvalue weighted by atomic mass is 16.1. The van der Waals surface area contributed by atoms with Crippen molar-refractivity contribution in [1.29, 1.82) is 0 Å². The molecule has 2 heterocycles. The zero-order chi connectivity index (χ0) is 17.0. The summed E-state index contributed by atoms with van der Waals surface area (Å²) < 4.78 is 0. The maximum atomic E-state index is 12.9. The molecule has 126 valence electrons. The molecule has 2 aliphatic rings.